The van der Waals surface area contributed by atoms with Gasteiger partial charge in [-0.1, -0.05) is 0 Å². The fourth-order valence-corrected chi connectivity index (χ4v) is 1.93. The van der Waals surface area contributed by atoms with Gasteiger partial charge in [-0.3, -0.25) is 9.59 Å². The quantitative estimate of drug-likeness (QED) is 0.669. The number of methoxy groups -OCH3 is 1. The zero-order valence-corrected chi connectivity index (χ0v) is 10.4. The van der Waals surface area contributed by atoms with Crippen molar-refractivity contribution in [3.05, 3.63) is 0 Å². The second-order valence-corrected chi connectivity index (χ2v) is 4.39. The number of hydrogen-bond acceptors (Lipinski definition) is 4. The zero-order valence-electron chi connectivity index (χ0n) is 10.4. The Morgan fingerprint density at radius 3 is 2.53 bits per heavy atom. The molecule has 2 amide bonds. The maximum absolute atomic E-state index is 11.6. The predicted molar refractivity (Wildman–Crippen MR) is 63.3 cm³/mol. The second kappa shape index (κ2) is 6.56. The monoisotopic (exact) mass is 243 g/mol. The zero-order chi connectivity index (χ0) is 12.8. The van der Waals surface area contributed by atoms with Crippen LogP contribution < -0.4 is 11.1 Å². The van der Waals surface area contributed by atoms with E-state index in [0.29, 0.717) is 13.1 Å². The van der Waals surface area contributed by atoms with Crippen LogP contribution in [0.15, 0.2) is 0 Å². The van der Waals surface area contributed by atoms with Gasteiger partial charge in [0, 0.05) is 26.2 Å². The molecule has 0 aromatic carbocycles. The third kappa shape index (κ3) is 4.32. The molecule has 6 heteroatoms. The summed E-state index contributed by atoms with van der Waals surface area (Å²) in [4.78, 5) is 24.7. The van der Waals surface area contributed by atoms with Crippen LogP contribution in [0.5, 0.6) is 0 Å². The molecule has 1 atom stereocenters. The third-order valence-electron chi connectivity index (χ3n) is 2.84. The Kier molecular flexibility index (Phi) is 5.37. The van der Waals surface area contributed by atoms with E-state index in [0.717, 1.165) is 12.8 Å². The first kappa shape index (κ1) is 13.9. The molecular formula is C11H21N3O3. The van der Waals surface area contributed by atoms with E-state index in [-0.39, 0.29) is 24.5 Å². The lowest BCUT2D eigenvalue weighted by Crippen LogP contribution is -2.50. The van der Waals surface area contributed by atoms with Gasteiger partial charge in [0.05, 0.1) is 6.04 Å². The van der Waals surface area contributed by atoms with Crippen molar-refractivity contribution in [3.8, 4) is 0 Å². The number of rotatable bonds is 4. The molecule has 0 unspecified atom stereocenters. The Labute approximate surface area is 101 Å². The molecule has 0 bridgehead atoms. The van der Waals surface area contributed by atoms with Crippen molar-refractivity contribution >= 4 is 11.8 Å². The van der Waals surface area contributed by atoms with Gasteiger partial charge in [0.2, 0.25) is 11.8 Å². The number of ether oxygens (including phenoxy) is 1. The van der Waals surface area contributed by atoms with Crippen molar-refractivity contribution in [2.45, 2.75) is 31.8 Å². The molecule has 0 radical (unpaired) electrons. The Morgan fingerprint density at radius 1 is 1.47 bits per heavy atom. The van der Waals surface area contributed by atoms with Crippen molar-refractivity contribution in [2.75, 3.05) is 26.8 Å². The van der Waals surface area contributed by atoms with Gasteiger partial charge in [0.1, 0.15) is 6.61 Å². The maximum Gasteiger partial charge on any atom is 0.246 e. The molecule has 1 heterocycles. The minimum atomic E-state index is -0.449. The molecule has 6 nitrogen and oxygen atoms in total. The van der Waals surface area contributed by atoms with E-state index >= 15 is 0 Å². The summed E-state index contributed by atoms with van der Waals surface area (Å²) >= 11 is 0. The van der Waals surface area contributed by atoms with Crippen LogP contribution in [0.3, 0.4) is 0 Å². The fourth-order valence-electron chi connectivity index (χ4n) is 1.93. The molecule has 0 aliphatic carbocycles. The third-order valence-corrected chi connectivity index (χ3v) is 2.84. The highest BCUT2D eigenvalue weighted by atomic mass is 16.5. The Balaban J connectivity index is 2.31. The molecule has 1 aliphatic heterocycles. The van der Waals surface area contributed by atoms with Gasteiger partial charge in [-0.15, -0.1) is 0 Å². The molecule has 3 N–H and O–H groups in total. The summed E-state index contributed by atoms with van der Waals surface area (Å²) in [6.07, 6.45) is 1.54. The maximum atomic E-state index is 11.6. The van der Waals surface area contributed by atoms with Crippen molar-refractivity contribution < 1.29 is 14.3 Å². The van der Waals surface area contributed by atoms with Crippen LogP contribution in [0.4, 0.5) is 0 Å². The van der Waals surface area contributed by atoms with E-state index in [4.69, 9.17) is 10.5 Å². The summed E-state index contributed by atoms with van der Waals surface area (Å²) in [7, 11) is 1.49. The van der Waals surface area contributed by atoms with Crippen LogP contribution in [0.1, 0.15) is 19.8 Å². The molecule has 1 aliphatic rings. The molecular weight excluding hydrogens is 222 g/mol. The summed E-state index contributed by atoms with van der Waals surface area (Å²) in [5.74, 6) is -0.129. The topological polar surface area (TPSA) is 84.7 Å². The average Bonchev–Trinajstić information content (AvgIpc) is 2.29. The molecule has 1 rings (SSSR count). The fraction of sp³-hybridized carbons (Fsp3) is 0.818. The number of nitrogens with zero attached hydrogens (tertiary/aromatic N) is 1. The van der Waals surface area contributed by atoms with Gasteiger partial charge in [-0.25, -0.2) is 0 Å². The van der Waals surface area contributed by atoms with Crippen LogP contribution in [-0.2, 0) is 14.3 Å². The van der Waals surface area contributed by atoms with Crippen LogP contribution in [0.25, 0.3) is 0 Å². The number of nitrogens with one attached hydrogen (secondary N) is 1. The van der Waals surface area contributed by atoms with Crippen molar-refractivity contribution in [1.29, 1.82) is 0 Å². The highest BCUT2D eigenvalue weighted by molar-refractivity contribution is 5.81. The molecule has 98 valence electrons. The van der Waals surface area contributed by atoms with Gasteiger partial charge in [0.25, 0.3) is 0 Å². The Bertz CT molecular complexity index is 273. The first-order chi connectivity index (χ1) is 8.04. The predicted octanol–water partition coefficient (Wildman–Crippen LogP) is -0.913. The highest BCUT2D eigenvalue weighted by Crippen LogP contribution is 2.11. The van der Waals surface area contributed by atoms with E-state index in [1.165, 1.54) is 7.11 Å². The number of likely N-dealkylation sites (tertiary alicyclic amines) is 1. The van der Waals surface area contributed by atoms with Crippen LogP contribution in [-0.4, -0.2) is 55.6 Å². The van der Waals surface area contributed by atoms with Crippen LogP contribution >= 0.6 is 0 Å². The summed E-state index contributed by atoms with van der Waals surface area (Å²) in [6.45, 7) is 3.07. The van der Waals surface area contributed by atoms with Gasteiger partial charge in [-0.2, -0.15) is 0 Å². The van der Waals surface area contributed by atoms with E-state index in [1.807, 2.05) is 0 Å². The van der Waals surface area contributed by atoms with E-state index < -0.39 is 6.04 Å². The average molecular weight is 243 g/mol. The lowest BCUT2D eigenvalue weighted by molar-refractivity contribution is -0.133. The number of carbonyl (C=O) groups excluding carboxylic acids is 2. The Hall–Kier alpha value is -1.14. The van der Waals surface area contributed by atoms with E-state index in [9.17, 15) is 9.59 Å². The lowest BCUT2D eigenvalue weighted by atomic mass is 10.0. The summed E-state index contributed by atoms with van der Waals surface area (Å²) in [5.41, 5.74) is 5.54. The van der Waals surface area contributed by atoms with E-state index in [1.54, 1.807) is 11.8 Å². The van der Waals surface area contributed by atoms with E-state index in [2.05, 4.69) is 5.32 Å². The number of carbonyl (C=O) groups is 2. The van der Waals surface area contributed by atoms with Gasteiger partial charge >= 0.3 is 0 Å². The Morgan fingerprint density at radius 2 is 2.06 bits per heavy atom. The molecule has 0 saturated carbocycles. The second-order valence-electron chi connectivity index (χ2n) is 4.39. The number of nitrogens with two attached hydrogens (primary N) is 1. The molecule has 0 aromatic rings. The van der Waals surface area contributed by atoms with Gasteiger partial charge in [0.15, 0.2) is 0 Å². The first-order valence-electron chi connectivity index (χ1n) is 5.87. The first-order valence-corrected chi connectivity index (χ1v) is 5.87. The van der Waals surface area contributed by atoms with Crippen molar-refractivity contribution in [2.24, 2.45) is 5.73 Å². The SMILES string of the molecule is COCC(=O)NC1CCN(C(=O)[C@H](C)N)CC1. The normalized spacial score (nSPS) is 18.9. The smallest absolute Gasteiger partial charge is 0.246 e. The van der Waals surface area contributed by atoms with Crippen molar-refractivity contribution in [1.82, 2.24) is 10.2 Å². The van der Waals surface area contributed by atoms with Crippen LogP contribution in [0, 0.1) is 0 Å². The number of hydrogen-bond donors (Lipinski definition) is 2. The van der Waals surface area contributed by atoms with Gasteiger partial charge < -0.3 is 20.7 Å². The summed E-state index contributed by atoms with van der Waals surface area (Å²) in [5, 5.41) is 2.88. The molecule has 1 fully saturated rings. The molecule has 17 heavy (non-hydrogen) atoms. The standard InChI is InChI=1S/C11H21N3O3/c1-8(12)11(16)14-5-3-9(4-6-14)13-10(15)7-17-2/h8-9H,3-7,12H2,1-2H3,(H,13,15)/t8-/m0/s1. The molecule has 0 aromatic heterocycles. The minimum Gasteiger partial charge on any atom is -0.375 e. The molecule has 0 spiro atoms. The summed E-state index contributed by atoms with van der Waals surface area (Å²) < 4.78 is 4.74. The van der Waals surface area contributed by atoms with Gasteiger partial charge in [-0.05, 0) is 19.8 Å². The summed E-state index contributed by atoms with van der Waals surface area (Å²) in [6, 6.07) is -0.315. The number of amides is 2. The number of piperidine rings is 1. The molecule has 1 saturated heterocycles. The largest absolute Gasteiger partial charge is 0.375 e. The van der Waals surface area contributed by atoms with Crippen LogP contribution in [0.2, 0.25) is 0 Å². The lowest BCUT2D eigenvalue weighted by Gasteiger charge is -2.33. The minimum absolute atomic E-state index is 0.0216. The highest BCUT2D eigenvalue weighted by Gasteiger charge is 2.25. The van der Waals surface area contributed by atoms with Crippen molar-refractivity contribution in [3.63, 3.8) is 0 Å².